The third-order valence-electron chi connectivity index (χ3n) is 4.40. The van der Waals surface area contributed by atoms with Gasteiger partial charge in [-0.3, -0.25) is 19.1 Å². The predicted octanol–water partition coefficient (Wildman–Crippen LogP) is 1.83. The van der Waals surface area contributed by atoms with E-state index in [1.54, 1.807) is 17.7 Å². The van der Waals surface area contributed by atoms with E-state index in [2.05, 4.69) is 25.9 Å². The van der Waals surface area contributed by atoms with Crippen molar-refractivity contribution >= 4 is 38.9 Å². The highest BCUT2D eigenvalue weighted by Gasteiger charge is 2.29. The van der Waals surface area contributed by atoms with Gasteiger partial charge in [-0.15, -0.1) is 0 Å². The number of halogens is 2. The molecule has 0 aliphatic carbocycles. The topological polar surface area (TPSA) is 73.0 Å². The first-order valence-electron chi connectivity index (χ1n) is 7.55. The second-order valence-corrected chi connectivity index (χ2v) is 6.68. The van der Waals surface area contributed by atoms with Gasteiger partial charge in [-0.05, 0) is 46.1 Å². The van der Waals surface area contributed by atoms with Gasteiger partial charge in [-0.1, -0.05) is 6.07 Å². The fourth-order valence-corrected chi connectivity index (χ4v) is 3.42. The Morgan fingerprint density at radius 2 is 2.04 bits per heavy atom. The lowest BCUT2D eigenvalue weighted by Gasteiger charge is -2.10. The van der Waals surface area contributed by atoms with E-state index < -0.39 is 0 Å². The van der Waals surface area contributed by atoms with Crippen molar-refractivity contribution in [2.75, 3.05) is 11.9 Å². The molecule has 0 N–H and O–H groups in total. The van der Waals surface area contributed by atoms with Crippen LogP contribution >= 0.6 is 15.9 Å². The number of aromatic nitrogens is 4. The fraction of sp³-hybridized carbons (Fsp3) is 0.250. The number of benzene rings is 1. The van der Waals surface area contributed by atoms with Crippen molar-refractivity contribution in [1.29, 1.82) is 0 Å². The molecule has 1 aliphatic heterocycles. The average molecular weight is 406 g/mol. The summed E-state index contributed by atoms with van der Waals surface area (Å²) in [6.45, 7) is 2.09. The van der Waals surface area contributed by atoms with Crippen molar-refractivity contribution in [1.82, 2.24) is 19.1 Å². The molecular formula is C16H13BrFN5O2. The van der Waals surface area contributed by atoms with Crippen LogP contribution in [0, 0.1) is 12.7 Å². The highest BCUT2D eigenvalue weighted by Crippen LogP contribution is 2.24. The number of imidazole rings is 1. The number of amides is 1. The summed E-state index contributed by atoms with van der Waals surface area (Å²) < 4.78 is 17.0. The van der Waals surface area contributed by atoms with E-state index in [-0.39, 0.29) is 47.5 Å². The zero-order chi connectivity index (χ0) is 17.9. The molecule has 1 aromatic carbocycles. The van der Waals surface area contributed by atoms with E-state index in [1.807, 2.05) is 6.92 Å². The highest BCUT2D eigenvalue weighted by atomic mass is 79.9. The molecule has 0 atom stereocenters. The number of rotatable bonds is 2. The number of hydrogen-bond donors (Lipinski definition) is 0. The maximum Gasteiger partial charge on any atom is 0.281 e. The minimum Gasteiger partial charge on any atom is -0.308 e. The highest BCUT2D eigenvalue weighted by molar-refractivity contribution is 9.10. The Hall–Kier alpha value is -2.55. The van der Waals surface area contributed by atoms with E-state index in [9.17, 15) is 14.0 Å². The normalized spacial score (nSPS) is 13.8. The number of carbonyl (C=O) groups is 1. The molecule has 25 heavy (non-hydrogen) atoms. The van der Waals surface area contributed by atoms with Crippen LogP contribution in [-0.2, 0) is 17.9 Å². The summed E-state index contributed by atoms with van der Waals surface area (Å²) in [6, 6.07) is 4.52. The molecule has 0 radical (unpaired) electrons. The molecule has 4 rings (SSSR count). The minimum atomic E-state index is -0.343. The summed E-state index contributed by atoms with van der Waals surface area (Å²) in [4.78, 5) is 34.7. The molecular weight excluding hydrogens is 393 g/mol. The third-order valence-corrected chi connectivity index (χ3v) is 5.01. The Bertz CT molecular complexity index is 1100. The summed E-state index contributed by atoms with van der Waals surface area (Å²) in [5.74, 6) is -0.269. The number of anilines is 1. The van der Waals surface area contributed by atoms with Crippen LogP contribution in [0.4, 0.5) is 10.3 Å². The van der Waals surface area contributed by atoms with Gasteiger partial charge >= 0.3 is 0 Å². The molecule has 0 saturated heterocycles. The molecule has 3 aromatic rings. The zero-order valence-electron chi connectivity index (χ0n) is 13.5. The Balaban J connectivity index is 1.93. The average Bonchev–Trinajstić information content (AvgIpc) is 3.02. The molecule has 1 amide bonds. The molecule has 0 saturated carbocycles. The number of aryl methyl sites for hydroxylation is 1. The minimum absolute atomic E-state index is 0.0462. The Morgan fingerprint density at radius 1 is 1.28 bits per heavy atom. The Kier molecular flexibility index (Phi) is 3.50. The predicted molar refractivity (Wildman–Crippen MR) is 93.1 cm³/mol. The second-order valence-electron chi connectivity index (χ2n) is 5.97. The van der Waals surface area contributed by atoms with Gasteiger partial charge in [0.05, 0.1) is 6.54 Å². The van der Waals surface area contributed by atoms with E-state index in [1.165, 1.54) is 21.6 Å². The number of carbonyl (C=O) groups excluding carboxylic acids is 1. The maximum absolute atomic E-state index is 13.6. The van der Waals surface area contributed by atoms with Crippen molar-refractivity contribution in [3.05, 3.63) is 50.2 Å². The van der Waals surface area contributed by atoms with Crippen molar-refractivity contribution < 1.29 is 9.18 Å². The van der Waals surface area contributed by atoms with Gasteiger partial charge in [0.15, 0.2) is 15.9 Å². The van der Waals surface area contributed by atoms with Crippen molar-refractivity contribution in [3.63, 3.8) is 0 Å². The number of likely N-dealkylation sites (N-methyl/N-ethyl adjacent to an activating group) is 1. The summed E-state index contributed by atoms with van der Waals surface area (Å²) in [5.41, 5.74) is 1.82. The lowest BCUT2D eigenvalue weighted by molar-refractivity contribution is -0.117. The van der Waals surface area contributed by atoms with Gasteiger partial charge in [-0.25, -0.2) is 9.37 Å². The smallest absolute Gasteiger partial charge is 0.281 e. The van der Waals surface area contributed by atoms with Crippen LogP contribution in [0.25, 0.3) is 11.2 Å². The molecule has 128 valence electrons. The van der Waals surface area contributed by atoms with Gasteiger partial charge in [-0.2, -0.15) is 4.98 Å². The number of nitrogens with zero attached hydrogens (tertiary/aromatic N) is 5. The van der Waals surface area contributed by atoms with Gasteiger partial charge < -0.3 is 4.57 Å². The van der Waals surface area contributed by atoms with Crippen LogP contribution in [0.5, 0.6) is 0 Å². The SMILES string of the molecule is Cc1ccc(F)cc1Cn1c(Br)nc2nc3n(c(=O)c21)CC(=O)N3C. The van der Waals surface area contributed by atoms with E-state index in [0.717, 1.165) is 11.1 Å². The molecule has 3 heterocycles. The fourth-order valence-electron chi connectivity index (χ4n) is 2.95. The Labute approximate surface area is 149 Å². The monoisotopic (exact) mass is 405 g/mol. The van der Waals surface area contributed by atoms with Crippen LogP contribution in [0.1, 0.15) is 11.1 Å². The molecule has 1 aliphatic rings. The maximum atomic E-state index is 13.6. The van der Waals surface area contributed by atoms with E-state index in [0.29, 0.717) is 4.73 Å². The van der Waals surface area contributed by atoms with Gasteiger partial charge in [0.2, 0.25) is 11.9 Å². The molecule has 0 fully saturated rings. The molecule has 0 bridgehead atoms. The Morgan fingerprint density at radius 3 is 2.80 bits per heavy atom. The lowest BCUT2D eigenvalue weighted by atomic mass is 10.1. The summed E-state index contributed by atoms with van der Waals surface area (Å²) in [5, 5.41) is 0. The second kappa shape index (κ2) is 5.48. The van der Waals surface area contributed by atoms with Crippen molar-refractivity contribution in [3.8, 4) is 0 Å². The lowest BCUT2D eigenvalue weighted by Crippen LogP contribution is -2.22. The summed E-state index contributed by atoms with van der Waals surface area (Å²) in [6.07, 6.45) is 0. The van der Waals surface area contributed by atoms with E-state index >= 15 is 0 Å². The molecule has 0 unspecified atom stereocenters. The first-order chi connectivity index (χ1) is 11.9. The summed E-state index contributed by atoms with van der Waals surface area (Å²) in [7, 11) is 1.57. The quantitative estimate of drug-likeness (QED) is 0.609. The zero-order valence-corrected chi connectivity index (χ0v) is 15.0. The van der Waals surface area contributed by atoms with Crippen molar-refractivity contribution in [2.24, 2.45) is 0 Å². The van der Waals surface area contributed by atoms with Gasteiger partial charge in [0, 0.05) is 7.05 Å². The molecule has 0 spiro atoms. The van der Waals surface area contributed by atoms with Gasteiger partial charge in [0.1, 0.15) is 12.4 Å². The van der Waals surface area contributed by atoms with Crippen LogP contribution < -0.4 is 10.5 Å². The van der Waals surface area contributed by atoms with Crippen LogP contribution in [0.2, 0.25) is 0 Å². The number of hydrogen-bond acceptors (Lipinski definition) is 4. The van der Waals surface area contributed by atoms with Crippen LogP contribution in [-0.4, -0.2) is 32.1 Å². The molecule has 9 heteroatoms. The first kappa shape index (κ1) is 15.9. The third kappa shape index (κ3) is 2.38. The van der Waals surface area contributed by atoms with Crippen LogP contribution in [0.15, 0.2) is 27.7 Å². The standard InChI is InChI=1S/C16H13BrFN5O2/c1-8-3-4-10(18)5-9(8)6-22-12-13(19-15(22)17)20-16-21(2)11(24)7-23(16)14(12)25/h3-5H,6-7H2,1-2H3. The number of fused-ring (bicyclic) bond motifs is 2. The molecule has 7 nitrogen and oxygen atoms in total. The van der Waals surface area contributed by atoms with E-state index in [4.69, 9.17) is 0 Å². The van der Waals surface area contributed by atoms with Crippen molar-refractivity contribution in [2.45, 2.75) is 20.0 Å². The first-order valence-corrected chi connectivity index (χ1v) is 8.34. The summed E-state index contributed by atoms with van der Waals surface area (Å²) >= 11 is 3.35. The van der Waals surface area contributed by atoms with Crippen LogP contribution in [0.3, 0.4) is 0 Å². The van der Waals surface area contributed by atoms with Gasteiger partial charge in [0.25, 0.3) is 5.56 Å². The largest absolute Gasteiger partial charge is 0.308 e. The molecule has 2 aromatic heterocycles.